The van der Waals surface area contributed by atoms with Gasteiger partial charge in [-0.3, -0.25) is 4.72 Å². The van der Waals surface area contributed by atoms with E-state index in [0.717, 1.165) is 0 Å². The fourth-order valence-electron chi connectivity index (χ4n) is 1.20. The summed E-state index contributed by atoms with van der Waals surface area (Å²) in [5.41, 5.74) is -0.0906. The van der Waals surface area contributed by atoms with Crippen LogP contribution in [0.3, 0.4) is 0 Å². The smallest absolute Gasteiger partial charge is 0.337 e. The summed E-state index contributed by atoms with van der Waals surface area (Å²) in [6, 6.07) is 4.24. The van der Waals surface area contributed by atoms with Crippen molar-refractivity contribution in [1.82, 2.24) is 0 Å². The molecule has 1 aromatic rings. The van der Waals surface area contributed by atoms with E-state index in [1.807, 2.05) is 0 Å². The lowest BCUT2D eigenvalue weighted by Gasteiger charge is -2.10. The first kappa shape index (κ1) is 14.9. The molecule has 0 spiro atoms. The molecular weight excluding hydrogens is 326 g/mol. The number of carbonyl (C=O) groups is 1. The maximum absolute atomic E-state index is 11.6. The zero-order valence-electron chi connectivity index (χ0n) is 9.51. The minimum Gasteiger partial charge on any atom is -0.478 e. The number of rotatable bonds is 6. The molecule has 0 heterocycles. The second kappa shape index (κ2) is 6.17. The average Bonchev–Trinajstić information content (AvgIpc) is 2.25. The van der Waals surface area contributed by atoms with E-state index in [1.165, 1.54) is 25.3 Å². The predicted molar refractivity (Wildman–Crippen MR) is 70.4 cm³/mol. The lowest BCUT2D eigenvalue weighted by molar-refractivity contribution is 0.0698. The van der Waals surface area contributed by atoms with E-state index in [9.17, 15) is 13.2 Å². The van der Waals surface area contributed by atoms with E-state index in [4.69, 9.17) is 5.11 Å². The largest absolute Gasteiger partial charge is 0.478 e. The van der Waals surface area contributed by atoms with Crippen molar-refractivity contribution in [3.63, 3.8) is 0 Å². The number of hydrogen-bond donors (Lipinski definition) is 2. The molecule has 0 saturated carbocycles. The Balaban J connectivity index is 3.02. The van der Waals surface area contributed by atoms with Gasteiger partial charge in [-0.2, -0.15) is 0 Å². The SMILES string of the molecule is COCCS(=O)(=O)Nc1cc(Br)ccc1C(=O)O. The Labute approximate surface area is 113 Å². The Morgan fingerprint density at radius 1 is 1.50 bits per heavy atom. The number of nitrogens with one attached hydrogen (secondary N) is 1. The molecule has 0 radical (unpaired) electrons. The zero-order valence-corrected chi connectivity index (χ0v) is 11.9. The van der Waals surface area contributed by atoms with Crippen molar-refractivity contribution >= 4 is 37.6 Å². The Morgan fingerprint density at radius 2 is 2.17 bits per heavy atom. The summed E-state index contributed by atoms with van der Waals surface area (Å²) >= 11 is 3.15. The van der Waals surface area contributed by atoms with Crippen molar-refractivity contribution in [3.05, 3.63) is 28.2 Å². The number of benzene rings is 1. The molecule has 0 aliphatic rings. The summed E-state index contributed by atoms with van der Waals surface area (Å²) in [5.74, 6) is -1.44. The molecule has 6 nitrogen and oxygen atoms in total. The van der Waals surface area contributed by atoms with Gasteiger partial charge in [-0.1, -0.05) is 15.9 Å². The summed E-state index contributed by atoms with van der Waals surface area (Å²) in [6.45, 7) is 0.0335. The number of ether oxygens (including phenoxy) is 1. The van der Waals surface area contributed by atoms with E-state index in [1.54, 1.807) is 0 Å². The molecule has 0 amide bonds. The molecule has 100 valence electrons. The van der Waals surface area contributed by atoms with Crippen LogP contribution in [0, 0.1) is 0 Å². The van der Waals surface area contributed by atoms with Gasteiger partial charge < -0.3 is 9.84 Å². The summed E-state index contributed by atoms with van der Waals surface area (Å²) < 4.78 is 30.8. The fourth-order valence-corrected chi connectivity index (χ4v) is 2.55. The summed E-state index contributed by atoms with van der Waals surface area (Å²) in [6.07, 6.45) is 0. The summed E-state index contributed by atoms with van der Waals surface area (Å²) in [7, 11) is -2.24. The summed E-state index contributed by atoms with van der Waals surface area (Å²) in [4.78, 5) is 11.0. The summed E-state index contributed by atoms with van der Waals surface area (Å²) in [5, 5.41) is 8.95. The van der Waals surface area contributed by atoms with E-state index in [-0.39, 0.29) is 23.6 Å². The van der Waals surface area contributed by atoms with Crippen molar-refractivity contribution in [2.45, 2.75) is 0 Å². The van der Waals surface area contributed by atoms with Crippen LogP contribution in [0.25, 0.3) is 0 Å². The van der Waals surface area contributed by atoms with Crippen LogP contribution in [0.1, 0.15) is 10.4 Å². The third-order valence-corrected chi connectivity index (χ3v) is 3.76. The number of sulfonamides is 1. The van der Waals surface area contributed by atoms with Crippen LogP contribution in [0.5, 0.6) is 0 Å². The van der Waals surface area contributed by atoms with E-state index >= 15 is 0 Å². The molecule has 0 bridgehead atoms. The lowest BCUT2D eigenvalue weighted by atomic mass is 10.2. The van der Waals surface area contributed by atoms with Crippen molar-refractivity contribution in [1.29, 1.82) is 0 Å². The molecule has 0 aliphatic carbocycles. The monoisotopic (exact) mass is 337 g/mol. The molecule has 0 atom stereocenters. The predicted octanol–water partition coefficient (Wildman–Crippen LogP) is 1.54. The highest BCUT2D eigenvalue weighted by Crippen LogP contribution is 2.22. The number of carboxylic acids is 1. The topological polar surface area (TPSA) is 92.7 Å². The van der Waals surface area contributed by atoms with Crippen LogP contribution in [-0.4, -0.2) is 39.0 Å². The van der Waals surface area contributed by atoms with Gasteiger partial charge >= 0.3 is 5.97 Å². The molecule has 18 heavy (non-hydrogen) atoms. The highest BCUT2D eigenvalue weighted by atomic mass is 79.9. The van der Waals surface area contributed by atoms with Gasteiger partial charge in [0, 0.05) is 11.6 Å². The van der Waals surface area contributed by atoms with Crippen molar-refractivity contribution < 1.29 is 23.1 Å². The van der Waals surface area contributed by atoms with E-state index < -0.39 is 16.0 Å². The minimum absolute atomic E-state index is 0.0213. The normalized spacial score (nSPS) is 11.2. The van der Waals surface area contributed by atoms with Gasteiger partial charge in [0.1, 0.15) is 0 Å². The lowest BCUT2D eigenvalue weighted by Crippen LogP contribution is -2.21. The minimum atomic E-state index is -3.63. The maximum Gasteiger partial charge on any atom is 0.337 e. The number of carboxylic acid groups (broad SMARTS) is 1. The molecule has 0 unspecified atom stereocenters. The Hall–Kier alpha value is -1.12. The third kappa shape index (κ3) is 4.28. The van der Waals surface area contributed by atoms with Gasteiger partial charge in [-0.15, -0.1) is 0 Å². The van der Waals surface area contributed by atoms with Crippen LogP contribution < -0.4 is 4.72 Å². The number of anilines is 1. The molecule has 1 aromatic carbocycles. The standard InChI is InChI=1S/C10H12BrNO5S/c1-17-4-5-18(15,16)12-9-6-7(11)2-3-8(9)10(13)14/h2-3,6,12H,4-5H2,1H3,(H,13,14). The van der Waals surface area contributed by atoms with Gasteiger partial charge in [0.15, 0.2) is 0 Å². The third-order valence-electron chi connectivity index (χ3n) is 2.03. The average molecular weight is 338 g/mol. The highest BCUT2D eigenvalue weighted by Gasteiger charge is 2.16. The number of hydrogen-bond acceptors (Lipinski definition) is 4. The quantitative estimate of drug-likeness (QED) is 0.821. The second-order valence-electron chi connectivity index (χ2n) is 3.41. The Bertz CT molecular complexity index is 543. The van der Waals surface area contributed by atoms with Gasteiger partial charge in [-0.05, 0) is 18.2 Å². The van der Waals surface area contributed by atoms with Crippen LogP contribution in [0.4, 0.5) is 5.69 Å². The molecule has 1 rings (SSSR count). The molecular formula is C10H12BrNO5S. The maximum atomic E-state index is 11.6. The first-order valence-electron chi connectivity index (χ1n) is 4.88. The highest BCUT2D eigenvalue weighted by molar-refractivity contribution is 9.10. The van der Waals surface area contributed by atoms with E-state index in [2.05, 4.69) is 25.4 Å². The second-order valence-corrected chi connectivity index (χ2v) is 6.17. The molecule has 0 aromatic heterocycles. The first-order chi connectivity index (χ1) is 8.35. The molecule has 2 N–H and O–H groups in total. The fraction of sp³-hybridized carbons (Fsp3) is 0.300. The van der Waals surface area contributed by atoms with Gasteiger partial charge in [0.2, 0.25) is 10.0 Å². The van der Waals surface area contributed by atoms with Crippen LogP contribution in [-0.2, 0) is 14.8 Å². The number of aromatic carboxylic acids is 1. The van der Waals surface area contributed by atoms with Crippen molar-refractivity contribution in [3.8, 4) is 0 Å². The Kier molecular flexibility index (Phi) is 5.12. The Morgan fingerprint density at radius 3 is 2.72 bits per heavy atom. The van der Waals surface area contributed by atoms with Crippen LogP contribution in [0.15, 0.2) is 22.7 Å². The van der Waals surface area contributed by atoms with Crippen molar-refractivity contribution in [2.24, 2.45) is 0 Å². The molecule has 0 saturated heterocycles. The van der Waals surface area contributed by atoms with Crippen molar-refractivity contribution in [2.75, 3.05) is 24.2 Å². The van der Waals surface area contributed by atoms with Crippen LogP contribution >= 0.6 is 15.9 Å². The molecule has 0 aliphatic heterocycles. The molecule has 8 heteroatoms. The first-order valence-corrected chi connectivity index (χ1v) is 7.32. The van der Waals surface area contributed by atoms with Gasteiger partial charge in [-0.25, -0.2) is 13.2 Å². The van der Waals surface area contributed by atoms with E-state index in [0.29, 0.717) is 4.47 Å². The van der Waals surface area contributed by atoms with Crippen LogP contribution in [0.2, 0.25) is 0 Å². The van der Waals surface area contributed by atoms with Gasteiger partial charge in [0.05, 0.1) is 23.6 Å². The zero-order chi connectivity index (χ0) is 13.8. The van der Waals surface area contributed by atoms with Gasteiger partial charge in [0.25, 0.3) is 0 Å². The number of halogens is 1. The number of methoxy groups -OCH3 is 1. The molecule has 0 fully saturated rings.